The molecule has 4 unspecified atom stereocenters. The topological polar surface area (TPSA) is 21.3 Å². The first-order chi connectivity index (χ1) is 9.55. The molecule has 0 bridgehead atoms. The molecule has 1 aromatic rings. The third kappa shape index (κ3) is 3.62. The van der Waals surface area contributed by atoms with Crippen LogP contribution in [0.4, 0.5) is 0 Å². The van der Waals surface area contributed by atoms with Gasteiger partial charge in [-0.1, -0.05) is 44.2 Å². The molecule has 20 heavy (non-hydrogen) atoms. The van der Waals surface area contributed by atoms with Gasteiger partial charge in [0.25, 0.3) is 0 Å². The van der Waals surface area contributed by atoms with E-state index in [2.05, 4.69) is 56.4 Å². The van der Waals surface area contributed by atoms with E-state index >= 15 is 0 Å². The smallest absolute Gasteiger partial charge is 0.102 e. The van der Waals surface area contributed by atoms with Crippen LogP contribution in [0.25, 0.3) is 0 Å². The predicted molar refractivity (Wildman–Crippen MR) is 84.8 cm³/mol. The van der Waals surface area contributed by atoms with Gasteiger partial charge in [-0.05, 0) is 43.6 Å². The molecule has 1 fully saturated rings. The highest BCUT2D eigenvalue weighted by atomic mass is 16.5. The van der Waals surface area contributed by atoms with Gasteiger partial charge in [-0.2, -0.15) is 0 Å². The van der Waals surface area contributed by atoms with E-state index in [1.54, 1.807) is 7.11 Å². The molecule has 2 nitrogen and oxygen atoms in total. The van der Waals surface area contributed by atoms with Crippen LogP contribution in [0.1, 0.15) is 45.6 Å². The normalized spacial score (nSPS) is 29.9. The van der Waals surface area contributed by atoms with Crippen molar-refractivity contribution in [2.45, 2.75) is 51.7 Å². The van der Waals surface area contributed by atoms with Crippen molar-refractivity contribution in [3.05, 3.63) is 35.9 Å². The van der Waals surface area contributed by atoms with Gasteiger partial charge in [0.1, 0.15) is 5.60 Å². The van der Waals surface area contributed by atoms with Crippen molar-refractivity contribution in [3.8, 4) is 0 Å². The molecule has 2 heteroatoms. The van der Waals surface area contributed by atoms with E-state index in [1.165, 1.54) is 24.8 Å². The van der Waals surface area contributed by atoms with Crippen molar-refractivity contribution in [1.29, 1.82) is 0 Å². The number of nitrogens with one attached hydrogen (secondary N) is 1. The lowest BCUT2D eigenvalue weighted by Crippen LogP contribution is -2.44. The molecule has 0 aliphatic heterocycles. The summed E-state index contributed by atoms with van der Waals surface area (Å²) >= 11 is 0. The lowest BCUT2D eigenvalue weighted by atomic mass is 9.79. The molecule has 1 aliphatic carbocycles. The van der Waals surface area contributed by atoms with E-state index < -0.39 is 0 Å². The summed E-state index contributed by atoms with van der Waals surface area (Å²) in [6.45, 7) is 7.80. The molecular weight excluding hydrogens is 246 g/mol. The first-order valence-electron chi connectivity index (χ1n) is 7.89. The fraction of sp³-hybridized carbons (Fsp3) is 0.667. The number of rotatable bonds is 5. The summed E-state index contributed by atoms with van der Waals surface area (Å²) in [6, 6.07) is 11.2. The van der Waals surface area contributed by atoms with E-state index in [9.17, 15) is 0 Å². The van der Waals surface area contributed by atoms with Crippen LogP contribution in [-0.2, 0) is 10.3 Å². The second kappa shape index (κ2) is 6.73. The molecule has 0 spiro atoms. The Hall–Kier alpha value is -0.860. The largest absolute Gasteiger partial charge is 0.372 e. The van der Waals surface area contributed by atoms with Crippen molar-refractivity contribution in [3.63, 3.8) is 0 Å². The standard InChI is InChI=1S/C18H29NO/c1-14-10-11-17(12-15(14)2)19-13-18(3,20-4)16-8-6-5-7-9-16/h5-9,14-15,17,19H,10-13H2,1-4H3. The number of hydrogen-bond acceptors (Lipinski definition) is 2. The third-order valence-corrected chi connectivity index (χ3v) is 5.16. The Morgan fingerprint density at radius 3 is 2.45 bits per heavy atom. The van der Waals surface area contributed by atoms with E-state index in [4.69, 9.17) is 4.74 Å². The zero-order chi connectivity index (χ0) is 14.6. The molecule has 0 radical (unpaired) electrons. The summed E-state index contributed by atoms with van der Waals surface area (Å²) in [4.78, 5) is 0. The summed E-state index contributed by atoms with van der Waals surface area (Å²) in [7, 11) is 1.81. The van der Waals surface area contributed by atoms with Crippen LogP contribution in [-0.4, -0.2) is 19.7 Å². The van der Waals surface area contributed by atoms with Crippen LogP contribution >= 0.6 is 0 Å². The van der Waals surface area contributed by atoms with Crippen LogP contribution in [0.3, 0.4) is 0 Å². The van der Waals surface area contributed by atoms with Gasteiger partial charge in [0.2, 0.25) is 0 Å². The Morgan fingerprint density at radius 2 is 1.85 bits per heavy atom. The fourth-order valence-electron chi connectivity index (χ4n) is 3.15. The van der Waals surface area contributed by atoms with E-state index in [-0.39, 0.29) is 5.60 Å². The van der Waals surface area contributed by atoms with Crippen molar-refractivity contribution < 1.29 is 4.74 Å². The maximum absolute atomic E-state index is 5.80. The maximum Gasteiger partial charge on any atom is 0.102 e. The highest BCUT2D eigenvalue weighted by Crippen LogP contribution is 2.30. The van der Waals surface area contributed by atoms with Gasteiger partial charge in [-0.25, -0.2) is 0 Å². The van der Waals surface area contributed by atoms with Crippen molar-refractivity contribution in [2.24, 2.45) is 11.8 Å². The minimum absolute atomic E-state index is 0.242. The Kier molecular flexibility index (Phi) is 5.22. The Bertz CT molecular complexity index is 405. The van der Waals surface area contributed by atoms with E-state index in [0.717, 1.165) is 18.4 Å². The van der Waals surface area contributed by atoms with Gasteiger partial charge in [-0.3, -0.25) is 0 Å². The zero-order valence-electron chi connectivity index (χ0n) is 13.4. The second-order valence-corrected chi connectivity index (χ2v) is 6.65. The highest BCUT2D eigenvalue weighted by molar-refractivity contribution is 5.22. The highest BCUT2D eigenvalue weighted by Gasteiger charge is 2.29. The summed E-state index contributed by atoms with van der Waals surface area (Å²) in [5.74, 6) is 1.70. The number of benzene rings is 1. The van der Waals surface area contributed by atoms with Crippen molar-refractivity contribution >= 4 is 0 Å². The van der Waals surface area contributed by atoms with E-state index in [1.807, 2.05) is 0 Å². The zero-order valence-corrected chi connectivity index (χ0v) is 13.4. The molecule has 112 valence electrons. The molecule has 1 aliphatic rings. The summed E-state index contributed by atoms with van der Waals surface area (Å²) in [5.41, 5.74) is 1.00. The molecule has 0 amide bonds. The maximum atomic E-state index is 5.80. The lowest BCUT2D eigenvalue weighted by Gasteiger charge is -2.36. The minimum Gasteiger partial charge on any atom is -0.372 e. The number of ether oxygens (including phenoxy) is 1. The van der Waals surface area contributed by atoms with Crippen molar-refractivity contribution in [2.75, 3.05) is 13.7 Å². The molecule has 1 aromatic carbocycles. The lowest BCUT2D eigenvalue weighted by molar-refractivity contribution is -0.00149. The monoisotopic (exact) mass is 275 g/mol. The first-order valence-corrected chi connectivity index (χ1v) is 7.89. The predicted octanol–water partition coefficient (Wildman–Crippen LogP) is 3.96. The van der Waals surface area contributed by atoms with Gasteiger partial charge in [0.15, 0.2) is 0 Å². The average molecular weight is 275 g/mol. The van der Waals surface area contributed by atoms with Crippen molar-refractivity contribution in [1.82, 2.24) is 5.32 Å². The molecule has 0 aromatic heterocycles. The van der Waals surface area contributed by atoms with Gasteiger partial charge in [0.05, 0.1) is 0 Å². The van der Waals surface area contributed by atoms with Gasteiger partial charge >= 0.3 is 0 Å². The van der Waals surface area contributed by atoms with Crippen LogP contribution < -0.4 is 5.32 Å². The van der Waals surface area contributed by atoms with Gasteiger partial charge < -0.3 is 10.1 Å². The second-order valence-electron chi connectivity index (χ2n) is 6.65. The molecule has 2 rings (SSSR count). The van der Waals surface area contributed by atoms with Crippen LogP contribution in [0.5, 0.6) is 0 Å². The summed E-state index contributed by atoms with van der Waals surface area (Å²) in [5, 5.41) is 3.74. The van der Waals surface area contributed by atoms with Gasteiger partial charge in [-0.15, -0.1) is 0 Å². The van der Waals surface area contributed by atoms with Gasteiger partial charge in [0, 0.05) is 19.7 Å². The quantitative estimate of drug-likeness (QED) is 0.878. The summed E-state index contributed by atoms with van der Waals surface area (Å²) < 4.78 is 5.80. The van der Waals surface area contributed by atoms with Crippen LogP contribution in [0, 0.1) is 11.8 Å². The number of hydrogen-bond donors (Lipinski definition) is 1. The molecule has 1 N–H and O–H groups in total. The molecule has 0 saturated heterocycles. The fourth-order valence-corrected chi connectivity index (χ4v) is 3.15. The van der Waals surface area contributed by atoms with Crippen LogP contribution in [0.15, 0.2) is 30.3 Å². The van der Waals surface area contributed by atoms with Crippen LogP contribution in [0.2, 0.25) is 0 Å². The molecule has 1 saturated carbocycles. The average Bonchev–Trinajstić information content (AvgIpc) is 2.49. The summed E-state index contributed by atoms with van der Waals surface area (Å²) in [6.07, 6.45) is 3.92. The van der Waals surface area contributed by atoms with E-state index in [0.29, 0.717) is 6.04 Å². The molecule has 4 atom stereocenters. The minimum atomic E-state index is -0.242. The number of methoxy groups -OCH3 is 1. The third-order valence-electron chi connectivity index (χ3n) is 5.16. The SMILES string of the molecule is COC(C)(CNC1CCC(C)C(C)C1)c1ccccc1. The first kappa shape index (κ1) is 15.5. The Balaban J connectivity index is 1.94. The molecule has 0 heterocycles. The Labute approximate surface area is 123 Å². The molecular formula is C18H29NO. The Morgan fingerprint density at radius 1 is 1.15 bits per heavy atom.